The third kappa shape index (κ3) is 2.24. The monoisotopic (exact) mass is 182 g/mol. The summed E-state index contributed by atoms with van der Waals surface area (Å²) in [5, 5.41) is 0. The molecular formula is C9H14N2O2. The van der Waals surface area contributed by atoms with Crippen LogP contribution in [0.5, 0.6) is 0 Å². The van der Waals surface area contributed by atoms with Crippen LogP contribution in [0.25, 0.3) is 0 Å². The maximum atomic E-state index is 11.2. The molecule has 0 saturated carbocycles. The van der Waals surface area contributed by atoms with E-state index in [1.807, 2.05) is 25.1 Å². The molecule has 1 N–H and O–H groups in total. The second-order valence-electron chi connectivity index (χ2n) is 2.87. The van der Waals surface area contributed by atoms with Crippen molar-refractivity contribution in [3.8, 4) is 0 Å². The number of H-pyrrole nitrogens is 1. The molecule has 1 aromatic heterocycles. The molecule has 0 unspecified atom stereocenters. The van der Waals surface area contributed by atoms with Crippen LogP contribution < -0.4 is 4.90 Å². The number of rotatable bonds is 3. The van der Waals surface area contributed by atoms with Crippen LogP contribution in [0, 0.1) is 0 Å². The minimum absolute atomic E-state index is 0.310. The average molecular weight is 182 g/mol. The quantitative estimate of drug-likeness (QED) is 0.716. The van der Waals surface area contributed by atoms with Crippen molar-refractivity contribution >= 4 is 11.8 Å². The van der Waals surface area contributed by atoms with Crippen LogP contribution in [0.4, 0.5) is 5.82 Å². The van der Waals surface area contributed by atoms with E-state index in [1.165, 1.54) is 0 Å². The second kappa shape index (κ2) is 3.98. The summed E-state index contributed by atoms with van der Waals surface area (Å²) in [6.45, 7) is 2.18. The Kier molecular flexibility index (Phi) is 2.95. The Bertz CT molecular complexity index is 292. The number of aromatic amines is 1. The fourth-order valence-electron chi connectivity index (χ4n) is 0.972. The largest absolute Gasteiger partial charge is 0.461 e. The lowest BCUT2D eigenvalue weighted by molar-refractivity contribution is 0.0520. The number of hydrogen-bond acceptors (Lipinski definition) is 3. The summed E-state index contributed by atoms with van der Waals surface area (Å²) in [5.41, 5.74) is 0.491. The van der Waals surface area contributed by atoms with Gasteiger partial charge in [-0.25, -0.2) is 4.79 Å². The molecule has 0 aliphatic heterocycles. The molecule has 0 radical (unpaired) electrons. The summed E-state index contributed by atoms with van der Waals surface area (Å²) in [4.78, 5) is 16.0. The highest BCUT2D eigenvalue weighted by Crippen LogP contribution is 2.10. The summed E-state index contributed by atoms with van der Waals surface area (Å²) in [6, 6.07) is 3.56. The van der Waals surface area contributed by atoms with E-state index in [0.29, 0.717) is 12.3 Å². The van der Waals surface area contributed by atoms with Crippen LogP contribution in [0.15, 0.2) is 12.1 Å². The molecule has 0 aliphatic rings. The van der Waals surface area contributed by atoms with Crippen LogP contribution in [-0.2, 0) is 4.74 Å². The van der Waals surface area contributed by atoms with Crippen LogP contribution in [0.1, 0.15) is 17.4 Å². The van der Waals surface area contributed by atoms with Gasteiger partial charge in [0.1, 0.15) is 11.5 Å². The Morgan fingerprint density at radius 2 is 2.23 bits per heavy atom. The summed E-state index contributed by atoms with van der Waals surface area (Å²) in [5.74, 6) is 0.582. The predicted octanol–water partition coefficient (Wildman–Crippen LogP) is 1.26. The molecule has 13 heavy (non-hydrogen) atoms. The van der Waals surface area contributed by atoms with Crippen molar-refractivity contribution in [1.29, 1.82) is 0 Å². The summed E-state index contributed by atoms with van der Waals surface area (Å²) >= 11 is 0. The van der Waals surface area contributed by atoms with Crippen molar-refractivity contribution in [3.63, 3.8) is 0 Å². The molecule has 0 bridgehead atoms. The molecule has 0 aromatic carbocycles. The SMILES string of the molecule is CCOC(=O)c1ccc(N(C)C)[nH]1. The van der Waals surface area contributed by atoms with Crippen molar-refractivity contribution in [2.45, 2.75) is 6.92 Å². The zero-order chi connectivity index (χ0) is 9.84. The van der Waals surface area contributed by atoms with Crippen molar-refractivity contribution < 1.29 is 9.53 Å². The van der Waals surface area contributed by atoms with E-state index in [4.69, 9.17) is 4.74 Å². The molecule has 0 saturated heterocycles. The zero-order valence-electron chi connectivity index (χ0n) is 8.13. The van der Waals surface area contributed by atoms with E-state index in [-0.39, 0.29) is 5.97 Å². The Morgan fingerprint density at radius 1 is 1.54 bits per heavy atom. The molecule has 1 aromatic rings. The highest BCUT2D eigenvalue weighted by Gasteiger charge is 2.08. The fraction of sp³-hybridized carbons (Fsp3) is 0.444. The second-order valence-corrected chi connectivity index (χ2v) is 2.87. The van der Waals surface area contributed by atoms with Gasteiger partial charge in [-0.1, -0.05) is 0 Å². The minimum Gasteiger partial charge on any atom is -0.461 e. The summed E-state index contributed by atoms with van der Waals surface area (Å²) in [7, 11) is 3.81. The standard InChI is InChI=1S/C9H14N2O2/c1-4-13-9(12)7-5-6-8(10-7)11(2)3/h5-6,10H,4H2,1-3H3. The van der Waals surface area contributed by atoms with Crippen LogP contribution >= 0.6 is 0 Å². The molecule has 72 valence electrons. The van der Waals surface area contributed by atoms with Crippen molar-refractivity contribution in [2.75, 3.05) is 25.6 Å². The molecule has 0 amide bonds. The number of carbonyl (C=O) groups is 1. The minimum atomic E-state index is -0.310. The van der Waals surface area contributed by atoms with Gasteiger partial charge >= 0.3 is 5.97 Å². The van der Waals surface area contributed by atoms with E-state index in [1.54, 1.807) is 13.0 Å². The smallest absolute Gasteiger partial charge is 0.354 e. The zero-order valence-corrected chi connectivity index (χ0v) is 8.13. The lowest BCUT2D eigenvalue weighted by atomic mass is 10.4. The first-order valence-corrected chi connectivity index (χ1v) is 4.18. The van der Waals surface area contributed by atoms with Gasteiger partial charge in [-0.05, 0) is 19.1 Å². The van der Waals surface area contributed by atoms with E-state index in [9.17, 15) is 4.79 Å². The van der Waals surface area contributed by atoms with E-state index < -0.39 is 0 Å². The number of aromatic nitrogens is 1. The van der Waals surface area contributed by atoms with Crippen molar-refractivity contribution in [1.82, 2.24) is 4.98 Å². The molecule has 4 heteroatoms. The van der Waals surface area contributed by atoms with E-state index in [2.05, 4.69) is 4.98 Å². The van der Waals surface area contributed by atoms with E-state index >= 15 is 0 Å². The number of ether oxygens (including phenoxy) is 1. The predicted molar refractivity (Wildman–Crippen MR) is 51.1 cm³/mol. The van der Waals surface area contributed by atoms with Crippen molar-refractivity contribution in [2.24, 2.45) is 0 Å². The van der Waals surface area contributed by atoms with Gasteiger partial charge in [0.25, 0.3) is 0 Å². The molecule has 0 aliphatic carbocycles. The molecule has 1 heterocycles. The Labute approximate surface area is 77.5 Å². The first-order chi connectivity index (χ1) is 6.15. The molecular weight excluding hydrogens is 168 g/mol. The molecule has 4 nitrogen and oxygen atoms in total. The lowest BCUT2D eigenvalue weighted by Gasteiger charge is -2.08. The van der Waals surface area contributed by atoms with Crippen molar-refractivity contribution in [3.05, 3.63) is 17.8 Å². The number of nitrogens with zero attached hydrogens (tertiary/aromatic N) is 1. The molecule has 1 rings (SSSR count). The third-order valence-electron chi connectivity index (χ3n) is 1.65. The van der Waals surface area contributed by atoms with Gasteiger partial charge in [-0.3, -0.25) is 0 Å². The maximum absolute atomic E-state index is 11.2. The van der Waals surface area contributed by atoms with Crippen LogP contribution in [0.3, 0.4) is 0 Å². The molecule has 0 atom stereocenters. The Hall–Kier alpha value is -1.45. The van der Waals surface area contributed by atoms with Gasteiger partial charge < -0.3 is 14.6 Å². The van der Waals surface area contributed by atoms with Gasteiger partial charge in [0.2, 0.25) is 0 Å². The Morgan fingerprint density at radius 3 is 2.69 bits per heavy atom. The lowest BCUT2D eigenvalue weighted by Crippen LogP contribution is -2.10. The molecule has 0 fully saturated rings. The highest BCUT2D eigenvalue weighted by atomic mass is 16.5. The number of esters is 1. The summed E-state index contributed by atoms with van der Waals surface area (Å²) in [6.07, 6.45) is 0. The highest BCUT2D eigenvalue weighted by molar-refractivity contribution is 5.88. The fourth-order valence-corrected chi connectivity index (χ4v) is 0.972. The van der Waals surface area contributed by atoms with Gasteiger partial charge in [0.15, 0.2) is 0 Å². The van der Waals surface area contributed by atoms with E-state index in [0.717, 1.165) is 5.82 Å². The van der Waals surface area contributed by atoms with Gasteiger partial charge in [-0.2, -0.15) is 0 Å². The number of hydrogen-bond donors (Lipinski definition) is 1. The number of anilines is 1. The van der Waals surface area contributed by atoms with Gasteiger partial charge in [-0.15, -0.1) is 0 Å². The first-order valence-electron chi connectivity index (χ1n) is 4.18. The third-order valence-corrected chi connectivity index (χ3v) is 1.65. The molecule has 0 spiro atoms. The van der Waals surface area contributed by atoms with Gasteiger partial charge in [0, 0.05) is 14.1 Å². The number of nitrogens with one attached hydrogen (secondary N) is 1. The van der Waals surface area contributed by atoms with Crippen LogP contribution in [-0.4, -0.2) is 31.7 Å². The normalized spacial score (nSPS) is 9.77. The average Bonchev–Trinajstić information content (AvgIpc) is 2.52. The summed E-state index contributed by atoms with van der Waals surface area (Å²) < 4.78 is 4.83. The number of carbonyl (C=O) groups excluding carboxylic acids is 1. The Balaban J connectivity index is 2.73. The maximum Gasteiger partial charge on any atom is 0.354 e. The van der Waals surface area contributed by atoms with Crippen LogP contribution in [0.2, 0.25) is 0 Å². The van der Waals surface area contributed by atoms with Gasteiger partial charge in [0.05, 0.1) is 6.61 Å². The topological polar surface area (TPSA) is 45.3 Å². The first kappa shape index (κ1) is 9.64.